The zero-order chi connectivity index (χ0) is 88.6. The molecule has 18 rings (SSSR count). The number of hydrogen-bond acceptors (Lipinski definition) is 26. The Hall–Kier alpha value is -14.7. The highest BCUT2D eigenvalue weighted by atomic mass is 79.9. The molecular formula is C90H74BrF9N18O8. The SMILES string of the molecule is CC(C)Cc1ccc(C(C)c2nc(-c3ccncc3)no2)cc1.COc1cc(OC)cc(-c2nc(-c3ccncc3)no2)c1.FC(F)(F)c1cc(-c2nc(-c3ccncc3)no2)cc(C(F)(F)F)c1.FC(F)(F)c1cc(Br)cc(-c2nc(-c3ccncc3)no2)c1.c1cc(-c2noc(CC3CCCC3)n2)ccn1.c1ccc(Cc2nc(-c3ccncc3)no2)cc1. The minimum absolute atomic E-state index is 0.0126. The minimum Gasteiger partial charge on any atom is -0.497 e. The second-order valence-corrected chi connectivity index (χ2v) is 29.3. The first-order chi connectivity index (χ1) is 60.8. The molecule has 126 heavy (non-hydrogen) atoms. The van der Waals surface area contributed by atoms with Crippen molar-refractivity contribution in [2.24, 2.45) is 11.8 Å². The molecule has 1 aliphatic carbocycles. The highest BCUT2D eigenvalue weighted by Gasteiger charge is 2.38. The number of alkyl halides is 9. The summed E-state index contributed by atoms with van der Waals surface area (Å²) in [5.41, 5.74) is 5.18. The lowest BCUT2D eigenvalue weighted by Crippen LogP contribution is -2.11. The number of aromatic nitrogens is 18. The van der Waals surface area contributed by atoms with E-state index in [1.54, 1.807) is 94.4 Å². The summed E-state index contributed by atoms with van der Waals surface area (Å²) in [6.45, 7) is 6.55. The molecule has 0 saturated heterocycles. The summed E-state index contributed by atoms with van der Waals surface area (Å²) in [6, 6.07) is 49.9. The van der Waals surface area contributed by atoms with Crippen molar-refractivity contribution in [2.75, 3.05) is 14.2 Å². The number of halogens is 10. The van der Waals surface area contributed by atoms with E-state index in [1.807, 2.05) is 91.0 Å². The molecule has 17 aromatic rings. The van der Waals surface area contributed by atoms with E-state index in [2.05, 4.69) is 152 Å². The van der Waals surface area contributed by atoms with Crippen LogP contribution in [0.4, 0.5) is 39.5 Å². The minimum atomic E-state index is -4.95. The lowest BCUT2D eigenvalue weighted by Gasteiger charge is -2.12. The van der Waals surface area contributed by atoms with Crippen LogP contribution < -0.4 is 9.47 Å². The molecule has 12 aromatic heterocycles. The molecule has 12 heterocycles. The molecule has 1 fully saturated rings. The van der Waals surface area contributed by atoms with Crippen LogP contribution in [0.1, 0.15) is 103 Å². The van der Waals surface area contributed by atoms with E-state index in [4.69, 9.17) is 36.6 Å². The molecule has 36 heteroatoms. The Bertz CT molecular complexity index is 6180. The maximum absolute atomic E-state index is 12.9. The summed E-state index contributed by atoms with van der Waals surface area (Å²) in [5, 5.41) is 23.4. The molecule has 0 bridgehead atoms. The van der Waals surface area contributed by atoms with Crippen molar-refractivity contribution in [3.8, 4) is 114 Å². The van der Waals surface area contributed by atoms with Crippen molar-refractivity contribution in [2.45, 2.75) is 90.2 Å². The zero-order valence-corrected chi connectivity index (χ0v) is 69.1. The lowest BCUT2D eigenvalue weighted by molar-refractivity contribution is -0.143. The van der Waals surface area contributed by atoms with Crippen molar-refractivity contribution in [1.82, 2.24) is 90.7 Å². The van der Waals surface area contributed by atoms with Gasteiger partial charge in [-0.25, -0.2) is 0 Å². The summed E-state index contributed by atoms with van der Waals surface area (Å²) in [7, 11) is 3.18. The fraction of sp³-hybridized carbons (Fsp3) is 0.200. The third kappa shape index (κ3) is 25.0. The summed E-state index contributed by atoms with van der Waals surface area (Å²) >= 11 is 3.06. The van der Waals surface area contributed by atoms with Gasteiger partial charge < -0.3 is 36.6 Å². The van der Waals surface area contributed by atoms with Crippen LogP contribution in [0.3, 0.4) is 0 Å². The van der Waals surface area contributed by atoms with Gasteiger partial charge in [-0.05, 0) is 176 Å². The van der Waals surface area contributed by atoms with Crippen LogP contribution in [0.2, 0.25) is 0 Å². The average molecular weight is 1790 g/mol. The molecule has 1 aliphatic rings. The number of benzene rings is 5. The molecule has 26 nitrogen and oxygen atoms in total. The highest BCUT2D eigenvalue weighted by Crippen LogP contribution is 2.41. The average Bonchev–Trinajstić information content (AvgIpc) is 1.17. The summed E-state index contributed by atoms with van der Waals surface area (Å²) < 4.78 is 158. The van der Waals surface area contributed by atoms with Gasteiger partial charge in [0.05, 0.1) is 43.2 Å². The van der Waals surface area contributed by atoms with Crippen LogP contribution in [-0.2, 0) is 37.8 Å². The van der Waals surface area contributed by atoms with Crippen LogP contribution in [0.5, 0.6) is 11.5 Å². The standard InChI is InChI=1S/C19H21N3O.C15H7F6N3O.C15H13N3O3.C14H7BrF3N3O.C14H11N3O.C13H15N3O/c1-13(2)12-15-4-6-16(7-5-15)14(3)19-21-18(22-23-19)17-8-10-20-11-9-17;16-14(17,18)10-5-9(6-11(7-10)15(19,20)21)13-23-12(24-25-13)8-1-3-22-4-2-8;1-19-12-7-11(8-13(9-12)20-2)15-17-14(18-21-15)10-3-5-16-6-4-10;15-11-6-9(5-10(7-11)14(16,17)18)13-20-12(21-22-13)8-1-3-19-4-2-8;1-2-4-11(5-3-1)10-13-16-14(17-18-13)12-6-8-15-9-7-12;1-2-4-10(3-1)9-12-15-13(16-17-12)11-5-7-14-8-6-11/h4-11,13-14H,12H2,1-3H3;1-7H;3-9H,1-2H3;1-7H;1-9H,10H2;5-8,10H,1-4,9H2. The van der Waals surface area contributed by atoms with E-state index in [0.29, 0.717) is 88.1 Å². The van der Waals surface area contributed by atoms with Crippen LogP contribution in [0.25, 0.3) is 103 Å². The van der Waals surface area contributed by atoms with Crippen LogP contribution in [0.15, 0.2) is 288 Å². The summed E-state index contributed by atoms with van der Waals surface area (Å²) in [6.07, 6.45) is 13.3. The van der Waals surface area contributed by atoms with Gasteiger partial charge in [0, 0.05) is 141 Å². The molecule has 0 radical (unpaired) electrons. The second kappa shape index (κ2) is 41.9. The van der Waals surface area contributed by atoms with E-state index in [1.165, 1.54) is 67.4 Å². The largest absolute Gasteiger partial charge is 0.497 e. The van der Waals surface area contributed by atoms with Crippen LogP contribution in [-0.4, -0.2) is 105 Å². The van der Waals surface area contributed by atoms with Gasteiger partial charge in [-0.15, -0.1) is 0 Å². The Kier molecular flexibility index (Phi) is 29.6. The maximum atomic E-state index is 12.9. The predicted molar refractivity (Wildman–Crippen MR) is 445 cm³/mol. The number of methoxy groups -OCH3 is 2. The van der Waals surface area contributed by atoms with E-state index < -0.39 is 46.7 Å². The van der Waals surface area contributed by atoms with Gasteiger partial charge in [0.2, 0.25) is 52.6 Å². The maximum Gasteiger partial charge on any atom is 0.416 e. The molecule has 642 valence electrons. The number of pyridine rings is 6. The number of hydrogen-bond donors (Lipinski definition) is 0. The van der Waals surface area contributed by atoms with E-state index >= 15 is 0 Å². The monoisotopic (exact) mass is 1780 g/mol. The van der Waals surface area contributed by atoms with Gasteiger partial charge in [0.25, 0.3) is 17.7 Å². The van der Waals surface area contributed by atoms with E-state index in [9.17, 15) is 39.5 Å². The number of rotatable bonds is 19. The first-order valence-corrected chi connectivity index (χ1v) is 39.6. The smallest absolute Gasteiger partial charge is 0.416 e. The van der Waals surface area contributed by atoms with Crippen molar-refractivity contribution >= 4 is 15.9 Å². The summed E-state index contributed by atoms with van der Waals surface area (Å²) in [4.78, 5) is 49.2. The quantitative estimate of drug-likeness (QED) is 0.0679. The number of ether oxygens (including phenoxy) is 2. The molecule has 5 aromatic carbocycles. The molecule has 0 N–H and O–H groups in total. The topological polar surface area (TPSA) is 329 Å². The van der Waals surface area contributed by atoms with Crippen LogP contribution >= 0.6 is 15.9 Å². The third-order valence-electron chi connectivity index (χ3n) is 18.8. The van der Waals surface area contributed by atoms with Gasteiger partial charge >= 0.3 is 18.5 Å². The lowest BCUT2D eigenvalue weighted by atomic mass is 9.97. The Morgan fingerprint density at radius 1 is 0.357 bits per heavy atom. The van der Waals surface area contributed by atoms with Gasteiger partial charge in [0.15, 0.2) is 0 Å². The van der Waals surface area contributed by atoms with E-state index in [-0.39, 0.29) is 39.6 Å². The van der Waals surface area contributed by atoms with Crippen molar-refractivity contribution in [3.63, 3.8) is 0 Å². The Labute approximate surface area is 721 Å². The van der Waals surface area contributed by atoms with Gasteiger partial charge in [-0.1, -0.05) is 128 Å². The second-order valence-electron chi connectivity index (χ2n) is 28.4. The third-order valence-corrected chi connectivity index (χ3v) is 19.3. The highest BCUT2D eigenvalue weighted by molar-refractivity contribution is 9.10. The fourth-order valence-electron chi connectivity index (χ4n) is 12.5. The Morgan fingerprint density at radius 3 is 1.10 bits per heavy atom. The van der Waals surface area contributed by atoms with Crippen molar-refractivity contribution < 1.29 is 76.1 Å². The fourth-order valence-corrected chi connectivity index (χ4v) is 13.0. The van der Waals surface area contributed by atoms with Crippen LogP contribution in [0, 0.1) is 11.8 Å². The van der Waals surface area contributed by atoms with Gasteiger partial charge in [-0.2, -0.15) is 69.4 Å². The van der Waals surface area contributed by atoms with E-state index in [0.717, 1.165) is 70.2 Å². The molecule has 1 unspecified atom stereocenters. The molecule has 1 atom stereocenters. The number of nitrogens with zero attached hydrogens (tertiary/aromatic N) is 18. The molecule has 0 amide bonds. The summed E-state index contributed by atoms with van der Waals surface area (Å²) in [5.74, 6) is 7.45. The molecular weight excluding hydrogens is 1710 g/mol. The normalized spacial score (nSPS) is 12.2. The van der Waals surface area contributed by atoms with Gasteiger partial charge in [-0.3, -0.25) is 29.9 Å². The molecule has 0 aliphatic heterocycles. The Morgan fingerprint density at radius 2 is 0.706 bits per heavy atom. The zero-order valence-electron chi connectivity index (χ0n) is 67.5. The Balaban J connectivity index is 0.000000130. The first kappa shape index (κ1) is 89.1. The van der Waals surface area contributed by atoms with Crippen molar-refractivity contribution in [1.29, 1.82) is 0 Å². The first-order valence-electron chi connectivity index (χ1n) is 38.8. The predicted octanol–water partition coefficient (Wildman–Crippen LogP) is 22.3. The van der Waals surface area contributed by atoms with Gasteiger partial charge in [0.1, 0.15) is 11.5 Å². The molecule has 1 saturated carbocycles. The molecule has 0 spiro atoms. The van der Waals surface area contributed by atoms with Crippen molar-refractivity contribution in [3.05, 3.63) is 312 Å².